The number of ketones is 1. The van der Waals surface area contributed by atoms with Crippen LogP contribution >= 0.6 is 15.9 Å². The molecule has 0 aromatic heterocycles. The highest BCUT2D eigenvalue weighted by Crippen LogP contribution is 2.14. The van der Waals surface area contributed by atoms with Crippen LogP contribution in [0, 0.1) is 18.3 Å². The maximum Gasteiger partial charge on any atom is 0.147 e. The van der Waals surface area contributed by atoms with E-state index in [0.717, 1.165) is 11.1 Å². The van der Waals surface area contributed by atoms with Gasteiger partial charge < -0.3 is 0 Å². The van der Waals surface area contributed by atoms with E-state index in [2.05, 4.69) is 22.0 Å². The van der Waals surface area contributed by atoms with Crippen LogP contribution in [0.15, 0.2) is 18.2 Å². The van der Waals surface area contributed by atoms with E-state index >= 15 is 0 Å². The molecule has 0 amide bonds. The summed E-state index contributed by atoms with van der Waals surface area (Å²) in [4.78, 5) is 11.2. The van der Waals surface area contributed by atoms with Crippen molar-refractivity contribution in [1.82, 2.24) is 0 Å². The normalized spacial score (nSPS) is 9.50. The van der Waals surface area contributed by atoms with Gasteiger partial charge in [-0.05, 0) is 18.1 Å². The highest BCUT2D eigenvalue weighted by atomic mass is 79.9. The largest absolute Gasteiger partial charge is 0.298 e. The van der Waals surface area contributed by atoms with Crippen LogP contribution in [0.25, 0.3) is 0 Å². The molecule has 0 N–H and O–H groups in total. The molecule has 0 radical (unpaired) electrons. The molecule has 0 fully saturated rings. The fraction of sp³-hybridized carbons (Fsp3) is 0.273. The lowest BCUT2D eigenvalue weighted by atomic mass is 9.99. The Morgan fingerprint density at radius 3 is 2.86 bits per heavy atom. The van der Waals surface area contributed by atoms with Gasteiger partial charge in [-0.3, -0.25) is 4.79 Å². The second-order valence-electron chi connectivity index (χ2n) is 3.07. The topological polar surface area (TPSA) is 40.9 Å². The first-order valence-corrected chi connectivity index (χ1v) is 5.37. The molecule has 3 heteroatoms. The molecule has 1 aromatic rings. The molecule has 14 heavy (non-hydrogen) atoms. The minimum absolute atomic E-state index is 0.0899. The van der Waals surface area contributed by atoms with Crippen molar-refractivity contribution in [3.63, 3.8) is 0 Å². The molecule has 72 valence electrons. The van der Waals surface area contributed by atoms with E-state index in [4.69, 9.17) is 5.26 Å². The number of alkyl halides is 1. The maximum absolute atomic E-state index is 11.2. The summed E-state index contributed by atoms with van der Waals surface area (Å²) in [5.74, 6) is 0.0899. The van der Waals surface area contributed by atoms with Gasteiger partial charge in [0.25, 0.3) is 0 Å². The number of hydrogen-bond donors (Lipinski definition) is 0. The summed E-state index contributed by atoms with van der Waals surface area (Å²) in [5.41, 5.74) is 2.37. The van der Waals surface area contributed by atoms with E-state index in [1.165, 1.54) is 0 Å². The standard InChI is InChI=1S/C11H10BrNO/c1-8-3-2-4-9(11(8)7-13)5-10(14)6-12/h2-4H,5-6H2,1H3. The fourth-order valence-corrected chi connectivity index (χ4v) is 1.49. The molecule has 0 atom stereocenters. The lowest BCUT2D eigenvalue weighted by molar-refractivity contribution is -0.115. The number of carbonyl (C=O) groups excluding carboxylic acids is 1. The van der Waals surface area contributed by atoms with Crippen molar-refractivity contribution >= 4 is 21.7 Å². The zero-order valence-electron chi connectivity index (χ0n) is 7.88. The quantitative estimate of drug-likeness (QED) is 0.775. The highest BCUT2D eigenvalue weighted by Gasteiger charge is 2.08. The Kier molecular flexibility index (Phi) is 3.84. The summed E-state index contributed by atoms with van der Waals surface area (Å²) in [5, 5.41) is 9.25. The van der Waals surface area contributed by atoms with E-state index in [1.54, 1.807) is 0 Å². The molecule has 0 aliphatic rings. The number of nitrogens with zero attached hydrogens (tertiary/aromatic N) is 1. The molecular formula is C11H10BrNO. The number of nitriles is 1. The predicted molar refractivity (Wildman–Crippen MR) is 58.4 cm³/mol. The van der Waals surface area contributed by atoms with Crippen LogP contribution in [0.2, 0.25) is 0 Å². The first-order chi connectivity index (χ1) is 6.69. The average molecular weight is 252 g/mol. The Morgan fingerprint density at radius 1 is 1.57 bits per heavy atom. The second kappa shape index (κ2) is 4.92. The number of benzene rings is 1. The third-order valence-corrected chi connectivity index (χ3v) is 2.63. The van der Waals surface area contributed by atoms with E-state index < -0.39 is 0 Å². The number of halogens is 1. The van der Waals surface area contributed by atoms with Crippen molar-refractivity contribution in [2.75, 3.05) is 5.33 Å². The zero-order valence-corrected chi connectivity index (χ0v) is 9.47. The monoisotopic (exact) mass is 251 g/mol. The summed E-state index contributed by atoms with van der Waals surface area (Å²) in [7, 11) is 0. The summed E-state index contributed by atoms with van der Waals surface area (Å²) >= 11 is 3.10. The van der Waals surface area contributed by atoms with Gasteiger partial charge in [-0.1, -0.05) is 34.1 Å². The summed E-state index contributed by atoms with van der Waals surface area (Å²) in [6.07, 6.45) is 0.329. The molecule has 1 rings (SSSR count). The molecule has 0 heterocycles. The Morgan fingerprint density at radius 2 is 2.29 bits per heavy atom. The zero-order chi connectivity index (χ0) is 10.6. The third-order valence-electron chi connectivity index (χ3n) is 2.01. The van der Waals surface area contributed by atoms with Gasteiger partial charge in [0.1, 0.15) is 5.78 Å². The van der Waals surface area contributed by atoms with E-state index in [9.17, 15) is 4.79 Å². The van der Waals surface area contributed by atoms with Gasteiger partial charge in [0, 0.05) is 6.42 Å². The maximum atomic E-state index is 11.2. The van der Waals surface area contributed by atoms with Crippen LogP contribution in [0.4, 0.5) is 0 Å². The first-order valence-electron chi connectivity index (χ1n) is 4.25. The summed E-state index contributed by atoms with van der Waals surface area (Å²) in [6, 6.07) is 7.70. The van der Waals surface area contributed by atoms with Gasteiger partial charge in [-0.25, -0.2) is 0 Å². The SMILES string of the molecule is Cc1cccc(CC(=O)CBr)c1C#N. The van der Waals surface area contributed by atoms with Crippen molar-refractivity contribution in [3.8, 4) is 6.07 Å². The van der Waals surface area contributed by atoms with Crippen LogP contribution in [-0.4, -0.2) is 11.1 Å². The van der Waals surface area contributed by atoms with Gasteiger partial charge in [-0.2, -0.15) is 5.26 Å². The predicted octanol–water partition coefficient (Wildman–Crippen LogP) is 2.37. The number of aryl methyl sites for hydroxylation is 1. The van der Waals surface area contributed by atoms with Gasteiger partial charge in [0.05, 0.1) is 17.0 Å². The van der Waals surface area contributed by atoms with Crippen molar-refractivity contribution in [3.05, 3.63) is 34.9 Å². The van der Waals surface area contributed by atoms with Gasteiger partial charge in [-0.15, -0.1) is 0 Å². The smallest absolute Gasteiger partial charge is 0.147 e. The van der Waals surface area contributed by atoms with E-state index in [-0.39, 0.29) is 5.78 Å². The molecule has 2 nitrogen and oxygen atoms in total. The van der Waals surface area contributed by atoms with Crippen LogP contribution in [0.1, 0.15) is 16.7 Å². The molecular weight excluding hydrogens is 242 g/mol. The first kappa shape index (κ1) is 10.9. The fourth-order valence-electron chi connectivity index (χ4n) is 1.30. The summed E-state index contributed by atoms with van der Waals surface area (Å²) < 4.78 is 0. The van der Waals surface area contributed by atoms with E-state index in [1.807, 2.05) is 25.1 Å². The lowest BCUT2D eigenvalue weighted by Gasteiger charge is -2.04. The van der Waals surface area contributed by atoms with Gasteiger partial charge in [0.15, 0.2) is 0 Å². The third kappa shape index (κ3) is 2.43. The van der Waals surface area contributed by atoms with Crippen LogP contribution < -0.4 is 0 Å². The van der Waals surface area contributed by atoms with Crippen molar-refractivity contribution in [2.24, 2.45) is 0 Å². The minimum Gasteiger partial charge on any atom is -0.298 e. The number of rotatable bonds is 3. The van der Waals surface area contributed by atoms with E-state index in [0.29, 0.717) is 17.3 Å². The van der Waals surface area contributed by atoms with Crippen LogP contribution in [0.3, 0.4) is 0 Å². The number of hydrogen-bond acceptors (Lipinski definition) is 2. The molecule has 0 aliphatic carbocycles. The molecule has 0 saturated heterocycles. The average Bonchev–Trinajstić information content (AvgIpc) is 2.18. The van der Waals surface area contributed by atoms with Gasteiger partial charge in [0.2, 0.25) is 0 Å². The Balaban J connectivity index is 3.04. The highest BCUT2D eigenvalue weighted by molar-refractivity contribution is 9.09. The van der Waals surface area contributed by atoms with Crippen molar-refractivity contribution < 1.29 is 4.79 Å². The Hall–Kier alpha value is -1.14. The number of Topliss-reactive ketones (excluding diaryl/α,β-unsaturated/α-hetero) is 1. The van der Waals surface area contributed by atoms with Gasteiger partial charge >= 0.3 is 0 Å². The summed E-state index contributed by atoms with van der Waals surface area (Å²) in [6.45, 7) is 1.88. The molecule has 0 aliphatic heterocycles. The Labute approximate surface area is 91.7 Å². The van der Waals surface area contributed by atoms with Crippen molar-refractivity contribution in [1.29, 1.82) is 5.26 Å². The molecule has 0 spiro atoms. The van der Waals surface area contributed by atoms with Crippen LogP contribution in [-0.2, 0) is 11.2 Å². The van der Waals surface area contributed by atoms with Crippen LogP contribution in [0.5, 0.6) is 0 Å². The molecule has 1 aromatic carbocycles. The minimum atomic E-state index is 0.0899. The van der Waals surface area contributed by atoms with Crippen molar-refractivity contribution in [2.45, 2.75) is 13.3 Å². The number of carbonyl (C=O) groups is 1. The molecule has 0 bridgehead atoms. The Bertz CT molecular complexity index is 393. The molecule has 0 saturated carbocycles. The second-order valence-corrected chi connectivity index (χ2v) is 3.63. The molecule has 0 unspecified atom stereocenters. The lowest BCUT2D eigenvalue weighted by Crippen LogP contribution is -2.05.